The largest absolute Gasteiger partial charge is 0.485 e. The zero-order chi connectivity index (χ0) is 18.9. The fourth-order valence-corrected chi connectivity index (χ4v) is 2.84. The number of hydrogen-bond acceptors (Lipinski definition) is 4. The number of aromatic nitrogens is 4. The molecule has 0 N–H and O–H groups in total. The van der Waals surface area contributed by atoms with Crippen LogP contribution in [0.4, 0.5) is 13.2 Å². The van der Waals surface area contributed by atoms with Gasteiger partial charge in [-0.1, -0.05) is 23.8 Å². The Hall–Kier alpha value is -2.90. The van der Waals surface area contributed by atoms with Crippen LogP contribution in [-0.2, 0) is 12.8 Å². The molecule has 2 aromatic carbocycles. The fourth-order valence-electron chi connectivity index (χ4n) is 2.84. The Kier molecular flexibility index (Phi) is 4.67. The van der Waals surface area contributed by atoms with Crippen LogP contribution in [0.5, 0.6) is 5.75 Å². The summed E-state index contributed by atoms with van der Waals surface area (Å²) in [5.41, 5.74) is 2.53. The third-order valence-corrected chi connectivity index (χ3v) is 3.90. The maximum Gasteiger partial charge on any atom is 0.416 e. The van der Waals surface area contributed by atoms with Crippen molar-refractivity contribution in [3.8, 4) is 11.4 Å². The molecule has 0 amide bonds. The van der Waals surface area contributed by atoms with E-state index in [9.17, 15) is 13.2 Å². The predicted octanol–water partition coefficient (Wildman–Crippen LogP) is 4.19. The van der Waals surface area contributed by atoms with Gasteiger partial charge in [-0.25, -0.2) is 0 Å². The van der Waals surface area contributed by atoms with E-state index in [0.29, 0.717) is 11.6 Å². The predicted molar refractivity (Wildman–Crippen MR) is 89.1 cm³/mol. The molecule has 0 aliphatic rings. The molecule has 1 aromatic heterocycles. The van der Waals surface area contributed by atoms with Crippen LogP contribution in [0.1, 0.15) is 28.1 Å². The topological polar surface area (TPSA) is 52.8 Å². The number of benzene rings is 2. The lowest BCUT2D eigenvalue weighted by Crippen LogP contribution is -2.10. The van der Waals surface area contributed by atoms with Crippen molar-refractivity contribution >= 4 is 0 Å². The van der Waals surface area contributed by atoms with Crippen LogP contribution in [0.15, 0.2) is 36.4 Å². The smallest absolute Gasteiger partial charge is 0.416 e. The molecule has 8 heteroatoms. The van der Waals surface area contributed by atoms with Gasteiger partial charge in [-0.2, -0.15) is 17.9 Å². The second kappa shape index (κ2) is 6.78. The highest BCUT2D eigenvalue weighted by atomic mass is 19.4. The number of aryl methyl sites for hydroxylation is 3. The van der Waals surface area contributed by atoms with Crippen LogP contribution in [0.25, 0.3) is 5.69 Å². The molecule has 0 radical (unpaired) electrons. The van der Waals surface area contributed by atoms with E-state index in [1.54, 1.807) is 0 Å². The van der Waals surface area contributed by atoms with Gasteiger partial charge in [0, 0.05) is 0 Å². The monoisotopic (exact) mass is 362 g/mol. The maximum atomic E-state index is 12.9. The average Bonchev–Trinajstić information content (AvgIpc) is 3.01. The molecule has 3 rings (SSSR count). The number of alkyl halides is 3. The Labute approximate surface area is 148 Å². The summed E-state index contributed by atoms with van der Waals surface area (Å²) in [6, 6.07) is 8.83. The molecule has 0 saturated carbocycles. The molecule has 0 saturated heterocycles. The van der Waals surface area contributed by atoms with Gasteiger partial charge in [0.15, 0.2) is 5.82 Å². The van der Waals surface area contributed by atoms with E-state index >= 15 is 0 Å². The molecule has 5 nitrogen and oxygen atoms in total. The van der Waals surface area contributed by atoms with Gasteiger partial charge in [-0.15, -0.1) is 5.10 Å². The van der Waals surface area contributed by atoms with Crippen molar-refractivity contribution in [2.24, 2.45) is 0 Å². The van der Waals surface area contributed by atoms with Crippen LogP contribution in [0.3, 0.4) is 0 Å². The maximum absolute atomic E-state index is 12.9. The number of rotatable bonds is 4. The lowest BCUT2D eigenvalue weighted by molar-refractivity contribution is -0.137. The van der Waals surface area contributed by atoms with Crippen molar-refractivity contribution in [1.82, 2.24) is 20.2 Å². The molecule has 26 heavy (non-hydrogen) atoms. The molecule has 0 atom stereocenters. The SMILES string of the molecule is Cc1cc(C)c(OCc2nnnn2-c2cccc(C(F)(F)F)c2)c(C)c1. The van der Waals surface area contributed by atoms with E-state index in [2.05, 4.69) is 15.5 Å². The zero-order valence-electron chi connectivity index (χ0n) is 14.5. The van der Waals surface area contributed by atoms with E-state index in [-0.39, 0.29) is 12.3 Å². The van der Waals surface area contributed by atoms with Crippen molar-refractivity contribution in [3.05, 3.63) is 64.5 Å². The second-order valence-electron chi connectivity index (χ2n) is 6.07. The first-order valence-corrected chi connectivity index (χ1v) is 7.91. The Morgan fingerprint density at radius 1 is 1.04 bits per heavy atom. The highest BCUT2D eigenvalue weighted by molar-refractivity contribution is 5.43. The molecule has 0 aliphatic heterocycles. The van der Waals surface area contributed by atoms with E-state index in [4.69, 9.17) is 4.74 Å². The molecule has 0 spiro atoms. The van der Waals surface area contributed by atoms with E-state index in [1.807, 2.05) is 32.9 Å². The van der Waals surface area contributed by atoms with E-state index in [1.165, 1.54) is 16.8 Å². The summed E-state index contributed by atoms with van der Waals surface area (Å²) in [4.78, 5) is 0. The first-order valence-electron chi connectivity index (χ1n) is 7.91. The first kappa shape index (κ1) is 17.9. The van der Waals surface area contributed by atoms with Crippen LogP contribution in [0, 0.1) is 20.8 Å². The fraction of sp³-hybridized carbons (Fsp3) is 0.278. The minimum atomic E-state index is -4.43. The zero-order valence-corrected chi connectivity index (χ0v) is 14.5. The van der Waals surface area contributed by atoms with E-state index in [0.717, 1.165) is 28.8 Å². The highest BCUT2D eigenvalue weighted by Gasteiger charge is 2.30. The third kappa shape index (κ3) is 3.68. The number of nitrogens with zero attached hydrogens (tertiary/aromatic N) is 4. The van der Waals surface area contributed by atoms with Gasteiger partial charge in [0.05, 0.1) is 11.3 Å². The van der Waals surface area contributed by atoms with Crippen molar-refractivity contribution < 1.29 is 17.9 Å². The van der Waals surface area contributed by atoms with Gasteiger partial charge in [0.1, 0.15) is 12.4 Å². The summed E-state index contributed by atoms with van der Waals surface area (Å²) in [6.07, 6.45) is -4.43. The second-order valence-corrected chi connectivity index (χ2v) is 6.07. The minimum Gasteiger partial charge on any atom is -0.485 e. The quantitative estimate of drug-likeness (QED) is 0.698. The summed E-state index contributed by atoms with van der Waals surface area (Å²) in [5, 5.41) is 11.2. The van der Waals surface area contributed by atoms with Crippen molar-refractivity contribution in [2.75, 3.05) is 0 Å². The Bertz CT molecular complexity index is 911. The summed E-state index contributed by atoms with van der Waals surface area (Å²) >= 11 is 0. The summed E-state index contributed by atoms with van der Waals surface area (Å²) in [7, 11) is 0. The lowest BCUT2D eigenvalue weighted by atomic mass is 10.1. The minimum absolute atomic E-state index is 0.0357. The number of tetrazole rings is 1. The van der Waals surface area contributed by atoms with Gasteiger partial charge < -0.3 is 4.74 Å². The Morgan fingerprint density at radius 2 is 1.73 bits per heavy atom. The molecule has 0 bridgehead atoms. The number of halogens is 3. The van der Waals surface area contributed by atoms with Gasteiger partial charge >= 0.3 is 6.18 Å². The molecular weight excluding hydrogens is 345 g/mol. The van der Waals surface area contributed by atoms with Crippen LogP contribution >= 0.6 is 0 Å². The summed E-state index contributed by atoms with van der Waals surface area (Å²) in [6.45, 7) is 5.90. The van der Waals surface area contributed by atoms with Crippen molar-refractivity contribution in [2.45, 2.75) is 33.6 Å². The summed E-state index contributed by atoms with van der Waals surface area (Å²) in [5.74, 6) is 1.03. The van der Waals surface area contributed by atoms with Crippen LogP contribution in [-0.4, -0.2) is 20.2 Å². The third-order valence-electron chi connectivity index (χ3n) is 3.90. The lowest BCUT2D eigenvalue weighted by Gasteiger charge is -2.13. The van der Waals surface area contributed by atoms with Crippen molar-refractivity contribution in [3.63, 3.8) is 0 Å². The molecular formula is C18H17F3N4O. The highest BCUT2D eigenvalue weighted by Crippen LogP contribution is 2.30. The van der Waals surface area contributed by atoms with Crippen molar-refractivity contribution in [1.29, 1.82) is 0 Å². The van der Waals surface area contributed by atoms with E-state index < -0.39 is 11.7 Å². The standard InChI is InChI=1S/C18H17F3N4O/c1-11-7-12(2)17(13(3)8-11)26-10-16-22-23-24-25(16)15-6-4-5-14(9-15)18(19,20)21/h4-9H,10H2,1-3H3. The number of ether oxygens (including phenoxy) is 1. The average molecular weight is 362 g/mol. The van der Waals surface area contributed by atoms with Crippen LogP contribution in [0.2, 0.25) is 0 Å². The molecule has 0 unspecified atom stereocenters. The Balaban J connectivity index is 1.86. The first-order chi connectivity index (χ1) is 12.3. The molecule has 3 aromatic rings. The van der Waals surface area contributed by atoms with Crippen LogP contribution < -0.4 is 4.74 Å². The molecule has 0 fully saturated rings. The summed E-state index contributed by atoms with van der Waals surface area (Å²) < 4.78 is 45.8. The van der Waals surface area contributed by atoms with Gasteiger partial charge in [-0.05, 0) is 60.5 Å². The molecule has 136 valence electrons. The Morgan fingerprint density at radius 3 is 2.38 bits per heavy atom. The van der Waals surface area contributed by atoms with Gasteiger partial charge in [0.2, 0.25) is 0 Å². The normalized spacial score (nSPS) is 11.6. The molecule has 1 heterocycles. The van der Waals surface area contributed by atoms with Gasteiger partial charge in [0.25, 0.3) is 0 Å². The molecule has 0 aliphatic carbocycles. The van der Waals surface area contributed by atoms with Gasteiger partial charge in [-0.3, -0.25) is 0 Å². The number of hydrogen-bond donors (Lipinski definition) is 0.